The molecule has 1 N–H and O–H groups in total. The van der Waals surface area contributed by atoms with Crippen LogP contribution in [0.15, 0.2) is 41.5 Å². The topological polar surface area (TPSA) is 66.4 Å². The van der Waals surface area contributed by atoms with Gasteiger partial charge in [-0.25, -0.2) is 9.80 Å². The zero-order chi connectivity index (χ0) is 25.3. The van der Waals surface area contributed by atoms with Crippen molar-refractivity contribution in [1.82, 2.24) is 10.3 Å². The molecule has 1 saturated heterocycles. The third-order valence-electron chi connectivity index (χ3n) is 8.42. The van der Waals surface area contributed by atoms with Crippen LogP contribution in [0.1, 0.15) is 62.1 Å². The number of piperidine rings is 1. The van der Waals surface area contributed by atoms with Crippen LogP contribution in [0.4, 0.5) is 10.5 Å². The van der Waals surface area contributed by atoms with E-state index in [4.69, 9.17) is 14.6 Å². The van der Waals surface area contributed by atoms with Crippen LogP contribution in [0.3, 0.4) is 0 Å². The van der Waals surface area contributed by atoms with Crippen LogP contribution in [0, 0.1) is 5.41 Å². The monoisotopic (exact) mass is 490 g/mol. The van der Waals surface area contributed by atoms with Crippen molar-refractivity contribution in [1.29, 1.82) is 0 Å². The quantitative estimate of drug-likeness (QED) is 0.640. The molecule has 2 fully saturated rings. The molecule has 1 unspecified atom stereocenters. The Morgan fingerprint density at radius 2 is 1.64 bits per heavy atom. The van der Waals surface area contributed by atoms with E-state index in [1.165, 1.54) is 44.2 Å². The second kappa shape index (κ2) is 10.0. The number of nitrogens with one attached hydrogen (secondary N) is 1. The lowest BCUT2D eigenvalue weighted by Gasteiger charge is -2.40. The second-order valence-corrected chi connectivity index (χ2v) is 10.5. The lowest BCUT2D eigenvalue weighted by Crippen LogP contribution is -2.41. The zero-order valence-corrected chi connectivity index (χ0v) is 22.0. The molecule has 7 heteroatoms. The molecule has 2 aliphatic heterocycles. The fourth-order valence-electron chi connectivity index (χ4n) is 6.24. The number of carbonyl (C=O) groups excluding carboxylic acids is 1. The molecule has 2 aromatic rings. The number of carbonyl (C=O) groups is 1. The summed E-state index contributed by atoms with van der Waals surface area (Å²) in [5.41, 5.74) is 5.63. The van der Waals surface area contributed by atoms with Crippen LogP contribution in [-0.2, 0) is 6.42 Å². The van der Waals surface area contributed by atoms with Crippen molar-refractivity contribution >= 4 is 17.4 Å². The summed E-state index contributed by atoms with van der Waals surface area (Å²) in [5.74, 6) is 1.33. The van der Waals surface area contributed by atoms with Gasteiger partial charge in [0.2, 0.25) is 0 Å². The Morgan fingerprint density at radius 3 is 2.25 bits per heavy atom. The second-order valence-electron chi connectivity index (χ2n) is 10.5. The Bertz CT molecular complexity index is 1130. The fourth-order valence-corrected chi connectivity index (χ4v) is 6.24. The average Bonchev–Trinajstić information content (AvgIpc) is 3.31. The highest BCUT2D eigenvalue weighted by Crippen LogP contribution is 2.46. The molecule has 0 aromatic heterocycles. The van der Waals surface area contributed by atoms with Gasteiger partial charge in [-0.1, -0.05) is 25.0 Å². The van der Waals surface area contributed by atoms with E-state index in [0.717, 1.165) is 35.5 Å². The minimum absolute atomic E-state index is 0.116. The Balaban J connectivity index is 1.48. The third kappa shape index (κ3) is 4.51. The number of methoxy groups -OCH3 is 2. The van der Waals surface area contributed by atoms with Crippen molar-refractivity contribution in [3.8, 4) is 11.5 Å². The normalized spacial score (nSPS) is 21.0. The number of benzene rings is 2. The first-order valence-electron chi connectivity index (χ1n) is 13.2. The van der Waals surface area contributed by atoms with E-state index in [9.17, 15) is 4.79 Å². The van der Waals surface area contributed by atoms with E-state index in [1.807, 2.05) is 19.1 Å². The number of hydrazone groups is 1. The maximum absolute atomic E-state index is 12.7. The number of rotatable bonds is 4. The SMILES string of the molecule is CNC(=O)N1N=C(c2ccc(N3CCC4(CCCC4)CC3)cc2)c2cc(OC)c(OC)cc2CC1C. The van der Waals surface area contributed by atoms with E-state index >= 15 is 0 Å². The summed E-state index contributed by atoms with van der Waals surface area (Å²) in [6.07, 6.45) is 8.89. The fraction of sp³-hybridized carbons (Fsp3) is 0.517. The van der Waals surface area contributed by atoms with E-state index < -0.39 is 0 Å². The van der Waals surface area contributed by atoms with Gasteiger partial charge in [-0.05, 0) is 74.3 Å². The van der Waals surface area contributed by atoms with E-state index in [2.05, 4.69) is 34.5 Å². The molecule has 2 heterocycles. The highest BCUT2D eigenvalue weighted by molar-refractivity contribution is 6.14. The number of fused-ring (bicyclic) bond motifs is 1. The number of nitrogens with zero attached hydrogens (tertiary/aromatic N) is 3. The van der Waals surface area contributed by atoms with E-state index in [1.54, 1.807) is 26.3 Å². The number of anilines is 1. The Morgan fingerprint density at radius 1 is 1.00 bits per heavy atom. The Kier molecular flexibility index (Phi) is 6.82. The zero-order valence-electron chi connectivity index (χ0n) is 22.0. The standard InChI is InChI=1S/C29H38N4O3/c1-20-17-22-18-25(35-3)26(36-4)19-24(22)27(31-33(20)28(34)30-2)21-7-9-23(10-8-21)32-15-13-29(14-16-32)11-5-6-12-29/h7-10,18-20H,5-6,11-17H2,1-4H3,(H,30,34). The smallest absolute Gasteiger partial charge is 0.337 e. The molecule has 36 heavy (non-hydrogen) atoms. The maximum atomic E-state index is 12.7. The lowest BCUT2D eigenvalue weighted by atomic mass is 9.77. The summed E-state index contributed by atoms with van der Waals surface area (Å²) in [5, 5.41) is 9.17. The molecular weight excluding hydrogens is 452 g/mol. The van der Waals surface area contributed by atoms with Gasteiger partial charge in [0.1, 0.15) is 0 Å². The van der Waals surface area contributed by atoms with Crippen molar-refractivity contribution in [2.24, 2.45) is 10.5 Å². The summed E-state index contributed by atoms with van der Waals surface area (Å²) in [4.78, 5) is 15.2. The third-order valence-corrected chi connectivity index (χ3v) is 8.42. The molecule has 1 aliphatic carbocycles. The predicted molar refractivity (Wildman–Crippen MR) is 143 cm³/mol. The summed E-state index contributed by atoms with van der Waals surface area (Å²) >= 11 is 0. The maximum Gasteiger partial charge on any atom is 0.337 e. The van der Waals surface area contributed by atoms with Gasteiger partial charge in [0.15, 0.2) is 11.5 Å². The average molecular weight is 491 g/mol. The van der Waals surface area contributed by atoms with Crippen LogP contribution in [0.25, 0.3) is 0 Å². The molecule has 0 bridgehead atoms. The molecule has 3 aliphatic rings. The van der Waals surface area contributed by atoms with Crippen molar-refractivity contribution < 1.29 is 14.3 Å². The summed E-state index contributed by atoms with van der Waals surface area (Å²) in [7, 11) is 4.92. The molecule has 5 rings (SSSR count). The molecule has 7 nitrogen and oxygen atoms in total. The molecule has 0 radical (unpaired) electrons. The van der Waals surface area contributed by atoms with Gasteiger partial charge < -0.3 is 19.7 Å². The van der Waals surface area contributed by atoms with Crippen LogP contribution in [-0.4, -0.2) is 57.2 Å². The van der Waals surface area contributed by atoms with Gasteiger partial charge in [-0.3, -0.25) is 0 Å². The number of amides is 2. The van der Waals surface area contributed by atoms with Gasteiger partial charge in [-0.2, -0.15) is 5.10 Å². The first-order chi connectivity index (χ1) is 17.5. The minimum Gasteiger partial charge on any atom is -0.493 e. The van der Waals surface area contributed by atoms with Crippen molar-refractivity contribution in [2.45, 2.75) is 57.9 Å². The van der Waals surface area contributed by atoms with Crippen molar-refractivity contribution in [2.75, 3.05) is 39.3 Å². The van der Waals surface area contributed by atoms with Gasteiger partial charge >= 0.3 is 6.03 Å². The Labute approximate surface area is 214 Å². The number of urea groups is 1. The largest absolute Gasteiger partial charge is 0.493 e. The number of ether oxygens (including phenoxy) is 2. The molecule has 2 amide bonds. The van der Waals surface area contributed by atoms with Gasteiger partial charge in [0.25, 0.3) is 0 Å². The first kappa shape index (κ1) is 24.5. The van der Waals surface area contributed by atoms with Crippen molar-refractivity contribution in [3.05, 3.63) is 53.1 Å². The lowest BCUT2D eigenvalue weighted by molar-refractivity contribution is 0.184. The molecular formula is C29H38N4O3. The summed E-state index contributed by atoms with van der Waals surface area (Å²) < 4.78 is 11.2. The van der Waals surface area contributed by atoms with Gasteiger partial charge in [0, 0.05) is 37.0 Å². The van der Waals surface area contributed by atoms with Crippen molar-refractivity contribution in [3.63, 3.8) is 0 Å². The molecule has 1 spiro atoms. The van der Waals surface area contributed by atoms with Crippen LogP contribution < -0.4 is 19.7 Å². The van der Waals surface area contributed by atoms with Crippen LogP contribution >= 0.6 is 0 Å². The number of hydrogen-bond acceptors (Lipinski definition) is 5. The highest BCUT2D eigenvalue weighted by atomic mass is 16.5. The molecule has 1 saturated carbocycles. The van der Waals surface area contributed by atoms with Gasteiger partial charge in [-0.15, -0.1) is 0 Å². The summed E-state index contributed by atoms with van der Waals surface area (Å²) in [6.45, 7) is 4.27. The van der Waals surface area contributed by atoms with E-state index in [-0.39, 0.29) is 12.1 Å². The minimum atomic E-state index is -0.225. The number of hydrogen-bond donors (Lipinski definition) is 1. The molecule has 2 aromatic carbocycles. The highest BCUT2D eigenvalue weighted by Gasteiger charge is 2.37. The Hall–Kier alpha value is -3.22. The summed E-state index contributed by atoms with van der Waals surface area (Å²) in [6, 6.07) is 12.3. The van der Waals surface area contributed by atoms with Gasteiger partial charge in [0.05, 0.1) is 26.0 Å². The van der Waals surface area contributed by atoms with E-state index in [0.29, 0.717) is 23.3 Å². The van der Waals surface area contributed by atoms with Crippen LogP contribution in [0.2, 0.25) is 0 Å². The molecule has 1 atom stereocenters. The first-order valence-corrected chi connectivity index (χ1v) is 13.2. The van der Waals surface area contributed by atoms with Crippen LogP contribution in [0.5, 0.6) is 11.5 Å². The predicted octanol–water partition coefficient (Wildman–Crippen LogP) is 5.20. The molecule has 192 valence electrons.